The summed E-state index contributed by atoms with van der Waals surface area (Å²) < 4.78 is 29.5. The number of piperidine rings is 1. The van der Waals surface area contributed by atoms with E-state index in [1.807, 2.05) is 4.90 Å². The van der Waals surface area contributed by atoms with Crippen molar-refractivity contribution in [2.75, 3.05) is 18.0 Å². The number of hydrogen-bond donors (Lipinski definition) is 0. The molecule has 0 aliphatic carbocycles. The smallest absolute Gasteiger partial charge is 0.426 e. The summed E-state index contributed by atoms with van der Waals surface area (Å²) in [5.74, 6) is 0.00945. The Hall–Kier alpha value is -2.16. The highest BCUT2D eigenvalue weighted by molar-refractivity contribution is 9.10. The molecule has 128 valence electrons. The molecule has 3 rings (SSSR count). The molecule has 7 nitrogen and oxygen atoms in total. The lowest BCUT2D eigenvalue weighted by atomic mass is 10.1. The number of carbonyl (C=O) groups is 1. The summed E-state index contributed by atoms with van der Waals surface area (Å²) in [7, 11) is 0. The van der Waals surface area contributed by atoms with Crippen molar-refractivity contribution in [1.29, 1.82) is 0 Å². The largest absolute Gasteiger partial charge is 0.489 e. The maximum absolute atomic E-state index is 13.3. The highest BCUT2D eigenvalue weighted by Crippen LogP contribution is 2.29. The third kappa shape index (κ3) is 4.02. The predicted molar refractivity (Wildman–Crippen MR) is 85.6 cm³/mol. The van der Waals surface area contributed by atoms with E-state index in [0.29, 0.717) is 24.8 Å². The van der Waals surface area contributed by atoms with E-state index >= 15 is 0 Å². The van der Waals surface area contributed by atoms with Gasteiger partial charge in [0, 0.05) is 38.9 Å². The maximum atomic E-state index is 13.3. The molecule has 0 radical (unpaired) electrons. The molecule has 1 fully saturated rings. The zero-order valence-electron chi connectivity index (χ0n) is 12.9. The van der Waals surface area contributed by atoms with Crippen LogP contribution in [0, 0.1) is 5.82 Å². The van der Waals surface area contributed by atoms with Gasteiger partial charge in [0.15, 0.2) is 0 Å². The van der Waals surface area contributed by atoms with E-state index in [0.717, 1.165) is 17.3 Å². The van der Waals surface area contributed by atoms with Crippen LogP contribution in [0.2, 0.25) is 0 Å². The van der Waals surface area contributed by atoms with Crippen molar-refractivity contribution in [3.05, 3.63) is 28.5 Å². The first-order chi connectivity index (χ1) is 11.5. The van der Waals surface area contributed by atoms with Crippen LogP contribution in [0.4, 0.5) is 10.3 Å². The van der Waals surface area contributed by atoms with Gasteiger partial charge in [-0.05, 0) is 33.2 Å². The summed E-state index contributed by atoms with van der Waals surface area (Å²) in [6.07, 6.45) is 1.25. The van der Waals surface area contributed by atoms with E-state index in [1.54, 1.807) is 6.07 Å². The molecule has 1 aromatic carbocycles. The molecular weight excluding hydrogens is 385 g/mol. The lowest BCUT2D eigenvalue weighted by Crippen LogP contribution is -2.38. The van der Waals surface area contributed by atoms with Crippen LogP contribution >= 0.6 is 15.9 Å². The third-order valence-corrected chi connectivity index (χ3v) is 4.19. The van der Waals surface area contributed by atoms with Crippen molar-refractivity contribution >= 4 is 27.8 Å². The lowest BCUT2D eigenvalue weighted by molar-refractivity contribution is -0.133. The predicted octanol–water partition coefficient (Wildman–Crippen LogP) is 2.94. The van der Waals surface area contributed by atoms with Crippen LogP contribution in [-0.4, -0.2) is 35.3 Å². The van der Waals surface area contributed by atoms with Gasteiger partial charge in [0.1, 0.15) is 17.7 Å². The first-order valence-corrected chi connectivity index (χ1v) is 8.19. The second-order valence-corrected chi connectivity index (χ2v) is 6.19. The Morgan fingerprint density at radius 3 is 2.88 bits per heavy atom. The van der Waals surface area contributed by atoms with Crippen LogP contribution in [0.3, 0.4) is 0 Å². The van der Waals surface area contributed by atoms with Crippen molar-refractivity contribution in [1.82, 2.24) is 10.1 Å². The molecule has 0 spiro atoms. The number of benzene rings is 1. The summed E-state index contributed by atoms with van der Waals surface area (Å²) >= 11 is 3.35. The van der Waals surface area contributed by atoms with Crippen LogP contribution in [0.25, 0.3) is 0 Å². The van der Waals surface area contributed by atoms with Crippen molar-refractivity contribution in [3.8, 4) is 11.8 Å². The number of ether oxygens (including phenoxy) is 2. The number of aromatic nitrogens is 2. The van der Waals surface area contributed by atoms with E-state index in [1.165, 1.54) is 19.1 Å². The quantitative estimate of drug-likeness (QED) is 0.731. The van der Waals surface area contributed by atoms with E-state index in [4.69, 9.17) is 14.0 Å². The summed E-state index contributed by atoms with van der Waals surface area (Å²) in [6.45, 7) is 2.56. The summed E-state index contributed by atoms with van der Waals surface area (Å²) in [6, 6.07) is 4.35. The van der Waals surface area contributed by atoms with Crippen LogP contribution in [-0.2, 0) is 4.79 Å². The molecule has 2 heterocycles. The Kier molecular flexibility index (Phi) is 4.98. The molecule has 1 saturated heterocycles. The third-order valence-electron chi connectivity index (χ3n) is 3.54. The van der Waals surface area contributed by atoms with Gasteiger partial charge in [-0.15, -0.1) is 4.98 Å². The Morgan fingerprint density at radius 1 is 1.42 bits per heavy atom. The molecule has 1 aliphatic heterocycles. The SMILES string of the molecule is CC(=O)Oc1nc(N2CCC(Oc3cc(F)ccc3Br)CC2)no1. The van der Waals surface area contributed by atoms with Crippen molar-refractivity contribution in [2.45, 2.75) is 25.9 Å². The Bertz CT molecular complexity index is 731. The minimum atomic E-state index is -0.516. The summed E-state index contributed by atoms with van der Waals surface area (Å²) in [5, 5.41) is 3.79. The van der Waals surface area contributed by atoms with Gasteiger partial charge < -0.3 is 14.4 Å². The second-order valence-electron chi connectivity index (χ2n) is 5.33. The Balaban J connectivity index is 1.56. The van der Waals surface area contributed by atoms with Crippen LogP contribution in [0.5, 0.6) is 11.8 Å². The Morgan fingerprint density at radius 2 is 2.17 bits per heavy atom. The van der Waals surface area contributed by atoms with Gasteiger partial charge in [0.2, 0.25) is 0 Å². The molecule has 0 bridgehead atoms. The van der Waals surface area contributed by atoms with Gasteiger partial charge in [0.05, 0.1) is 4.47 Å². The van der Waals surface area contributed by atoms with Crippen LogP contribution < -0.4 is 14.4 Å². The molecule has 9 heteroatoms. The summed E-state index contributed by atoms with van der Waals surface area (Å²) in [4.78, 5) is 16.8. The molecule has 0 saturated carbocycles. The van der Waals surface area contributed by atoms with E-state index in [9.17, 15) is 9.18 Å². The number of esters is 1. The standard InChI is InChI=1S/C15H15BrFN3O4/c1-9(21)22-15-18-14(19-24-15)20-6-4-11(5-7-20)23-13-8-10(17)2-3-12(13)16/h2-3,8,11H,4-7H2,1H3. The average Bonchev–Trinajstić information content (AvgIpc) is 2.99. The van der Waals surface area contributed by atoms with Crippen molar-refractivity contribution in [2.24, 2.45) is 0 Å². The van der Waals surface area contributed by atoms with E-state index < -0.39 is 5.97 Å². The monoisotopic (exact) mass is 399 g/mol. The highest BCUT2D eigenvalue weighted by atomic mass is 79.9. The second kappa shape index (κ2) is 7.16. The first-order valence-electron chi connectivity index (χ1n) is 7.40. The maximum Gasteiger partial charge on any atom is 0.426 e. The van der Waals surface area contributed by atoms with Gasteiger partial charge in [-0.1, -0.05) is 0 Å². The fourth-order valence-corrected chi connectivity index (χ4v) is 2.76. The number of hydrogen-bond acceptors (Lipinski definition) is 7. The first kappa shape index (κ1) is 16.7. The number of nitrogens with zero attached hydrogens (tertiary/aromatic N) is 3. The molecular formula is C15H15BrFN3O4. The molecule has 0 atom stereocenters. The molecule has 1 aliphatic rings. The molecule has 24 heavy (non-hydrogen) atoms. The van der Waals surface area contributed by atoms with Crippen LogP contribution in [0.1, 0.15) is 19.8 Å². The topological polar surface area (TPSA) is 77.7 Å². The van der Waals surface area contributed by atoms with Crippen molar-refractivity contribution < 1.29 is 23.2 Å². The number of carbonyl (C=O) groups excluding carboxylic acids is 1. The van der Waals surface area contributed by atoms with E-state index in [-0.39, 0.29) is 18.0 Å². The van der Waals surface area contributed by atoms with Gasteiger partial charge in [-0.25, -0.2) is 4.39 Å². The molecule has 0 unspecified atom stereocenters. The number of halogens is 2. The van der Waals surface area contributed by atoms with Crippen LogP contribution in [0.15, 0.2) is 27.2 Å². The minimum absolute atomic E-state index is 0.0285. The molecule has 1 aromatic heterocycles. The zero-order valence-corrected chi connectivity index (χ0v) is 14.5. The average molecular weight is 400 g/mol. The fraction of sp³-hybridized carbons (Fsp3) is 0.400. The fourth-order valence-electron chi connectivity index (χ4n) is 2.42. The van der Waals surface area contributed by atoms with Gasteiger partial charge >= 0.3 is 12.0 Å². The molecule has 0 amide bonds. The number of anilines is 1. The van der Waals surface area contributed by atoms with Gasteiger partial charge in [-0.2, -0.15) is 0 Å². The van der Waals surface area contributed by atoms with Crippen molar-refractivity contribution in [3.63, 3.8) is 0 Å². The molecule has 0 N–H and O–H groups in total. The van der Waals surface area contributed by atoms with Gasteiger partial charge in [-0.3, -0.25) is 9.32 Å². The Labute approximate surface area is 145 Å². The van der Waals surface area contributed by atoms with Gasteiger partial charge in [0.25, 0.3) is 5.95 Å². The normalized spacial score (nSPS) is 15.4. The zero-order chi connectivity index (χ0) is 17.1. The minimum Gasteiger partial charge on any atom is -0.489 e. The summed E-state index contributed by atoms with van der Waals surface area (Å²) in [5.41, 5.74) is 0. The lowest BCUT2D eigenvalue weighted by Gasteiger charge is -2.31. The van der Waals surface area contributed by atoms with E-state index in [2.05, 4.69) is 26.1 Å². The molecule has 2 aromatic rings. The number of rotatable bonds is 4. The highest BCUT2D eigenvalue weighted by Gasteiger charge is 2.25.